The number of rotatable bonds is 8. The minimum absolute atomic E-state index is 0.226. The second kappa shape index (κ2) is 8.48. The third-order valence-electron chi connectivity index (χ3n) is 4.95. The smallest absolute Gasteiger partial charge is 0.198 e. The number of hydrogen-bond acceptors (Lipinski definition) is 1. The van der Waals surface area contributed by atoms with Gasteiger partial charge in [-0.2, -0.15) is 0 Å². The molecule has 2 rings (SSSR count). The average molecular weight is 330 g/mol. The molecule has 0 radical (unpaired) electrons. The molecule has 1 aromatic carbocycles. The van der Waals surface area contributed by atoms with E-state index < -0.39 is 0 Å². The van der Waals surface area contributed by atoms with Crippen LogP contribution in [-0.4, -0.2) is 18.1 Å². The van der Waals surface area contributed by atoms with Crippen molar-refractivity contribution in [3.63, 3.8) is 0 Å². The first-order chi connectivity index (χ1) is 11.5. The normalized spacial score (nSPS) is 11.6. The van der Waals surface area contributed by atoms with Crippen LogP contribution in [0.3, 0.4) is 0 Å². The van der Waals surface area contributed by atoms with Crippen molar-refractivity contribution in [2.75, 3.05) is 13.1 Å². The zero-order valence-corrected chi connectivity index (χ0v) is 16.0. The molecule has 0 amide bonds. The summed E-state index contributed by atoms with van der Waals surface area (Å²) in [4.78, 5) is 18.2. The SMILES string of the molecule is CCCC[NH+](CCCC)Cc1c(C)[nH]c2cc(C)cc(C)c2c1=O. The number of aryl methyl sites for hydroxylation is 3. The second-order valence-electron chi connectivity index (χ2n) is 7.20. The molecule has 24 heavy (non-hydrogen) atoms. The largest absolute Gasteiger partial charge is 0.358 e. The van der Waals surface area contributed by atoms with Crippen LogP contribution in [0.4, 0.5) is 0 Å². The average Bonchev–Trinajstić information content (AvgIpc) is 2.52. The van der Waals surface area contributed by atoms with E-state index in [-0.39, 0.29) is 5.43 Å². The van der Waals surface area contributed by atoms with Gasteiger partial charge in [0.15, 0.2) is 5.43 Å². The number of fused-ring (bicyclic) bond motifs is 1. The molecule has 1 heterocycles. The Balaban J connectivity index is 2.41. The van der Waals surface area contributed by atoms with Crippen molar-refractivity contribution >= 4 is 10.9 Å². The molecular formula is C21H33N2O+. The molecule has 0 atom stereocenters. The van der Waals surface area contributed by atoms with Crippen LogP contribution in [0.15, 0.2) is 16.9 Å². The summed E-state index contributed by atoms with van der Waals surface area (Å²) in [6, 6.07) is 4.19. The summed E-state index contributed by atoms with van der Waals surface area (Å²) < 4.78 is 0. The van der Waals surface area contributed by atoms with Gasteiger partial charge in [0.05, 0.1) is 24.2 Å². The Morgan fingerprint density at radius 2 is 1.62 bits per heavy atom. The highest BCUT2D eigenvalue weighted by Crippen LogP contribution is 2.17. The summed E-state index contributed by atoms with van der Waals surface area (Å²) in [5.41, 5.74) is 5.48. The number of H-pyrrole nitrogens is 1. The lowest BCUT2D eigenvalue weighted by Gasteiger charge is -2.20. The van der Waals surface area contributed by atoms with E-state index in [4.69, 9.17) is 0 Å². The van der Waals surface area contributed by atoms with Gasteiger partial charge < -0.3 is 9.88 Å². The highest BCUT2D eigenvalue weighted by Gasteiger charge is 2.17. The van der Waals surface area contributed by atoms with Gasteiger partial charge in [-0.05, 0) is 50.8 Å². The predicted molar refractivity (Wildman–Crippen MR) is 103 cm³/mol. The standard InChI is InChI=1S/C21H32N2O/c1-6-8-10-23(11-9-7-2)14-18-17(5)22-19-13-15(3)12-16(4)20(19)21(18)24/h12-13H,6-11,14H2,1-5H3,(H,22,24)/p+1. The zero-order valence-electron chi connectivity index (χ0n) is 16.0. The minimum Gasteiger partial charge on any atom is -0.358 e. The van der Waals surface area contributed by atoms with Crippen molar-refractivity contribution in [1.82, 2.24) is 4.98 Å². The minimum atomic E-state index is 0.226. The maximum Gasteiger partial charge on any atom is 0.198 e. The van der Waals surface area contributed by atoms with Gasteiger partial charge in [-0.3, -0.25) is 4.79 Å². The van der Waals surface area contributed by atoms with Crippen molar-refractivity contribution < 1.29 is 4.90 Å². The van der Waals surface area contributed by atoms with Gasteiger partial charge in [-0.25, -0.2) is 0 Å². The number of unbranched alkanes of at least 4 members (excludes halogenated alkanes) is 2. The summed E-state index contributed by atoms with van der Waals surface area (Å²) >= 11 is 0. The molecule has 0 fully saturated rings. The molecule has 2 N–H and O–H groups in total. The van der Waals surface area contributed by atoms with Crippen molar-refractivity contribution in [3.05, 3.63) is 44.7 Å². The fraction of sp³-hybridized carbons (Fsp3) is 0.571. The zero-order chi connectivity index (χ0) is 17.7. The summed E-state index contributed by atoms with van der Waals surface area (Å²) in [5, 5.41) is 0.867. The third-order valence-corrected chi connectivity index (χ3v) is 4.95. The number of aromatic nitrogens is 1. The molecule has 0 aliphatic carbocycles. The van der Waals surface area contributed by atoms with Crippen LogP contribution in [0.2, 0.25) is 0 Å². The molecule has 3 nitrogen and oxygen atoms in total. The molecule has 0 aliphatic heterocycles. The topological polar surface area (TPSA) is 37.3 Å². The van der Waals surface area contributed by atoms with Gasteiger partial charge >= 0.3 is 0 Å². The Labute approximate surface area is 146 Å². The van der Waals surface area contributed by atoms with Crippen molar-refractivity contribution in [2.24, 2.45) is 0 Å². The Kier molecular flexibility index (Phi) is 6.61. The predicted octanol–water partition coefficient (Wildman–Crippen LogP) is 3.44. The van der Waals surface area contributed by atoms with E-state index in [1.54, 1.807) is 0 Å². The molecule has 2 aromatic rings. The Morgan fingerprint density at radius 1 is 1.00 bits per heavy atom. The monoisotopic (exact) mass is 329 g/mol. The fourth-order valence-corrected chi connectivity index (χ4v) is 3.58. The van der Waals surface area contributed by atoms with Crippen LogP contribution in [-0.2, 0) is 6.54 Å². The lowest BCUT2D eigenvalue weighted by atomic mass is 10.0. The quantitative estimate of drug-likeness (QED) is 0.765. The van der Waals surface area contributed by atoms with Gasteiger partial charge in [0.2, 0.25) is 0 Å². The van der Waals surface area contributed by atoms with E-state index in [2.05, 4.69) is 37.9 Å². The van der Waals surface area contributed by atoms with Gasteiger partial charge in [-0.1, -0.05) is 32.8 Å². The first-order valence-corrected chi connectivity index (χ1v) is 9.44. The van der Waals surface area contributed by atoms with E-state index in [0.717, 1.165) is 47.4 Å². The number of hydrogen-bond donors (Lipinski definition) is 2. The Hall–Kier alpha value is -1.61. The molecule has 0 saturated heterocycles. The maximum absolute atomic E-state index is 13.1. The van der Waals surface area contributed by atoms with E-state index in [9.17, 15) is 4.79 Å². The first-order valence-electron chi connectivity index (χ1n) is 9.44. The molecule has 132 valence electrons. The maximum atomic E-state index is 13.1. The number of nitrogens with one attached hydrogen (secondary N) is 2. The molecule has 0 bridgehead atoms. The number of benzene rings is 1. The van der Waals surface area contributed by atoms with Gasteiger partial charge in [0, 0.05) is 11.1 Å². The first kappa shape index (κ1) is 18.7. The van der Waals surface area contributed by atoms with Crippen molar-refractivity contribution in [1.29, 1.82) is 0 Å². The van der Waals surface area contributed by atoms with Crippen LogP contribution < -0.4 is 10.3 Å². The van der Waals surface area contributed by atoms with E-state index >= 15 is 0 Å². The summed E-state index contributed by atoms with van der Waals surface area (Å²) in [6.45, 7) is 13.8. The number of pyridine rings is 1. The number of quaternary nitrogens is 1. The highest BCUT2D eigenvalue weighted by molar-refractivity contribution is 5.83. The molecule has 0 aliphatic rings. The summed E-state index contributed by atoms with van der Waals surface area (Å²) in [7, 11) is 0. The molecule has 1 aromatic heterocycles. The van der Waals surface area contributed by atoms with Crippen LogP contribution in [0.1, 0.15) is 61.9 Å². The summed E-state index contributed by atoms with van der Waals surface area (Å²) in [5.74, 6) is 0. The van der Waals surface area contributed by atoms with Crippen LogP contribution in [0.25, 0.3) is 10.9 Å². The molecule has 3 heteroatoms. The van der Waals surface area contributed by atoms with Crippen molar-refractivity contribution in [2.45, 2.75) is 66.8 Å². The fourth-order valence-electron chi connectivity index (χ4n) is 3.58. The lowest BCUT2D eigenvalue weighted by Crippen LogP contribution is -3.10. The van der Waals surface area contributed by atoms with Crippen LogP contribution >= 0.6 is 0 Å². The Morgan fingerprint density at radius 3 is 2.21 bits per heavy atom. The molecule has 0 unspecified atom stereocenters. The molecule has 0 saturated carbocycles. The van der Waals surface area contributed by atoms with Crippen LogP contribution in [0, 0.1) is 20.8 Å². The second-order valence-corrected chi connectivity index (χ2v) is 7.20. The molecular weight excluding hydrogens is 296 g/mol. The van der Waals surface area contributed by atoms with Gasteiger partial charge in [0.1, 0.15) is 6.54 Å². The van der Waals surface area contributed by atoms with Crippen LogP contribution in [0.5, 0.6) is 0 Å². The van der Waals surface area contributed by atoms with Gasteiger partial charge in [0.25, 0.3) is 0 Å². The lowest BCUT2D eigenvalue weighted by molar-refractivity contribution is -0.914. The van der Waals surface area contributed by atoms with Gasteiger partial charge in [-0.15, -0.1) is 0 Å². The van der Waals surface area contributed by atoms with E-state index in [0.29, 0.717) is 0 Å². The number of aromatic amines is 1. The third kappa shape index (κ3) is 4.27. The van der Waals surface area contributed by atoms with Crippen molar-refractivity contribution in [3.8, 4) is 0 Å². The van der Waals surface area contributed by atoms with E-state index in [1.165, 1.54) is 36.1 Å². The molecule has 0 spiro atoms. The summed E-state index contributed by atoms with van der Waals surface area (Å²) in [6.07, 6.45) is 4.87. The highest BCUT2D eigenvalue weighted by atomic mass is 16.1. The van der Waals surface area contributed by atoms with E-state index in [1.807, 2.05) is 13.8 Å². The Bertz CT molecular complexity index is 738.